The number of carbonyl (C=O) groups excluding carboxylic acids is 1. The molecule has 10 heteroatoms. The molecule has 1 aliphatic heterocycles. The zero-order valence-electron chi connectivity index (χ0n) is 18.4. The van der Waals surface area contributed by atoms with Crippen LogP contribution < -0.4 is 20.6 Å². The first-order valence-corrected chi connectivity index (χ1v) is 10.8. The molecule has 0 spiro atoms. The van der Waals surface area contributed by atoms with E-state index in [1.807, 2.05) is 11.8 Å². The molecule has 1 amide bonds. The van der Waals surface area contributed by atoms with Crippen LogP contribution in [-0.2, 0) is 22.1 Å². The van der Waals surface area contributed by atoms with Gasteiger partial charge in [0.15, 0.2) is 6.61 Å². The smallest absolute Gasteiger partial charge is 0.416 e. The quantitative estimate of drug-likeness (QED) is 0.537. The summed E-state index contributed by atoms with van der Waals surface area (Å²) < 4.78 is 55.8. The van der Waals surface area contributed by atoms with Crippen molar-refractivity contribution in [2.24, 2.45) is 0 Å². The lowest BCUT2D eigenvalue weighted by Crippen LogP contribution is -2.37. The molecule has 2 aromatic carbocycles. The lowest BCUT2D eigenvalue weighted by molar-refractivity contribution is -0.137. The van der Waals surface area contributed by atoms with E-state index in [1.54, 1.807) is 12.1 Å². The molecule has 0 aliphatic carbocycles. The predicted octanol–water partition coefficient (Wildman–Crippen LogP) is 4.23. The molecular formula is C24H23F3N2O5. The average molecular weight is 476 g/mol. The maximum absolute atomic E-state index is 13.3. The van der Waals surface area contributed by atoms with Gasteiger partial charge < -0.3 is 24.1 Å². The Labute approximate surface area is 193 Å². The van der Waals surface area contributed by atoms with E-state index in [-0.39, 0.29) is 11.4 Å². The molecule has 0 saturated carbocycles. The van der Waals surface area contributed by atoms with Gasteiger partial charge in [0.2, 0.25) is 0 Å². The second-order valence-corrected chi connectivity index (χ2v) is 7.77. The van der Waals surface area contributed by atoms with Crippen molar-refractivity contribution in [1.82, 2.24) is 0 Å². The van der Waals surface area contributed by atoms with Crippen molar-refractivity contribution in [2.45, 2.75) is 19.5 Å². The van der Waals surface area contributed by atoms with Crippen LogP contribution >= 0.6 is 0 Å². The summed E-state index contributed by atoms with van der Waals surface area (Å²) >= 11 is 0. The Balaban J connectivity index is 1.51. The zero-order valence-corrected chi connectivity index (χ0v) is 18.4. The Bertz CT molecular complexity index is 1250. The second-order valence-electron chi connectivity index (χ2n) is 7.77. The Morgan fingerprint density at radius 2 is 1.88 bits per heavy atom. The fourth-order valence-electron chi connectivity index (χ4n) is 3.82. The van der Waals surface area contributed by atoms with Crippen molar-refractivity contribution in [3.8, 4) is 5.75 Å². The summed E-state index contributed by atoms with van der Waals surface area (Å²) in [5.41, 5.74) is 0.327. The monoisotopic (exact) mass is 476 g/mol. The van der Waals surface area contributed by atoms with Crippen LogP contribution in [0.4, 0.5) is 24.5 Å². The molecule has 34 heavy (non-hydrogen) atoms. The summed E-state index contributed by atoms with van der Waals surface area (Å²) in [6.45, 7) is 3.34. The number of fused-ring (bicyclic) bond motifs is 1. The standard InChI is InChI=1S/C24H23F3N2O5/c1-2-15-11-23(31)34-21-13-17(4-5-18(15)21)33-14-22(30)28-19-12-16(24(25,26)27)3-6-20(19)29-7-9-32-10-8-29/h3-6,11-13H,2,7-10,14H2,1H3,(H,28,30). The van der Waals surface area contributed by atoms with Crippen LogP contribution in [0.15, 0.2) is 51.7 Å². The van der Waals surface area contributed by atoms with Crippen LogP contribution in [0, 0.1) is 0 Å². The highest BCUT2D eigenvalue weighted by molar-refractivity contribution is 5.95. The second kappa shape index (κ2) is 9.76. The number of anilines is 2. The van der Waals surface area contributed by atoms with Gasteiger partial charge >= 0.3 is 11.8 Å². The third-order valence-corrected chi connectivity index (χ3v) is 5.50. The van der Waals surface area contributed by atoms with Gasteiger partial charge in [-0.2, -0.15) is 13.2 Å². The number of halogens is 3. The molecule has 1 fully saturated rings. The van der Waals surface area contributed by atoms with Crippen LogP contribution in [0.2, 0.25) is 0 Å². The summed E-state index contributed by atoms with van der Waals surface area (Å²) in [4.78, 5) is 26.2. The summed E-state index contributed by atoms with van der Waals surface area (Å²) in [5.74, 6) is -0.339. The van der Waals surface area contributed by atoms with Crippen molar-refractivity contribution < 1.29 is 31.9 Å². The van der Waals surface area contributed by atoms with E-state index < -0.39 is 29.9 Å². The molecule has 7 nitrogen and oxygen atoms in total. The van der Waals surface area contributed by atoms with Crippen molar-refractivity contribution in [3.05, 3.63) is 64.0 Å². The number of hydrogen-bond acceptors (Lipinski definition) is 6. The number of hydrogen-bond donors (Lipinski definition) is 1. The fraction of sp³-hybridized carbons (Fsp3) is 0.333. The summed E-state index contributed by atoms with van der Waals surface area (Å²) in [7, 11) is 0. The normalized spacial score (nSPS) is 14.3. The number of amides is 1. The molecule has 1 saturated heterocycles. The molecule has 1 N–H and O–H groups in total. The summed E-state index contributed by atoms with van der Waals surface area (Å²) in [6, 6.07) is 9.56. The highest BCUT2D eigenvalue weighted by atomic mass is 19.4. The van der Waals surface area contributed by atoms with Gasteiger partial charge in [0.25, 0.3) is 5.91 Å². The maximum atomic E-state index is 13.3. The van der Waals surface area contributed by atoms with Crippen LogP contribution in [0.25, 0.3) is 11.0 Å². The third kappa shape index (κ3) is 5.33. The first-order valence-electron chi connectivity index (χ1n) is 10.8. The summed E-state index contributed by atoms with van der Waals surface area (Å²) in [5, 5.41) is 3.30. The maximum Gasteiger partial charge on any atom is 0.416 e. The minimum Gasteiger partial charge on any atom is -0.484 e. The number of benzene rings is 2. The van der Waals surface area contributed by atoms with Gasteiger partial charge in [0, 0.05) is 30.6 Å². The fourth-order valence-corrected chi connectivity index (χ4v) is 3.82. The predicted molar refractivity (Wildman–Crippen MR) is 120 cm³/mol. The van der Waals surface area contributed by atoms with Gasteiger partial charge in [-0.15, -0.1) is 0 Å². The van der Waals surface area contributed by atoms with E-state index in [1.165, 1.54) is 18.2 Å². The van der Waals surface area contributed by atoms with Crippen molar-refractivity contribution in [2.75, 3.05) is 43.1 Å². The lowest BCUT2D eigenvalue weighted by Gasteiger charge is -2.31. The Morgan fingerprint density at radius 3 is 2.59 bits per heavy atom. The number of nitrogens with zero attached hydrogens (tertiary/aromatic N) is 1. The van der Waals surface area contributed by atoms with Crippen molar-refractivity contribution in [3.63, 3.8) is 0 Å². The molecule has 2 heterocycles. The molecule has 3 aromatic rings. The molecule has 0 radical (unpaired) electrons. The van der Waals surface area contributed by atoms with E-state index in [0.29, 0.717) is 44.0 Å². The van der Waals surface area contributed by atoms with Gasteiger partial charge in [-0.05, 0) is 42.3 Å². The number of rotatable bonds is 6. The molecule has 4 rings (SSSR count). The number of ether oxygens (including phenoxy) is 2. The van der Waals surface area contributed by atoms with Gasteiger partial charge in [-0.1, -0.05) is 6.92 Å². The van der Waals surface area contributed by atoms with E-state index >= 15 is 0 Å². The Kier molecular flexibility index (Phi) is 6.78. The largest absolute Gasteiger partial charge is 0.484 e. The van der Waals surface area contributed by atoms with E-state index in [0.717, 1.165) is 23.1 Å². The minimum absolute atomic E-state index is 0.0439. The molecule has 1 aliphatic rings. The molecule has 1 aromatic heterocycles. The van der Waals surface area contributed by atoms with Crippen molar-refractivity contribution in [1.29, 1.82) is 0 Å². The number of carbonyl (C=O) groups is 1. The van der Waals surface area contributed by atoms with Gasteiger partial charge in [-0.25, -0.2) is 4.79 Å². The van der Waals surface area contributed by atoms with Crippen LogP contribution in [0.1, 0.15) is 18.1 Å². The molecule has 180 valence electrons. The Morgan fingerprint density at radius 1 is 1.12 bits per heavy atom. The molecular weight excluding hydrogens is 453 g/mol. The molecule has 0 atom stereocenters. The molecule has 0 unspecified atom stereocenters. The van der Waals surface area contributed by atoms with E-state index in [9.17, 15) is 22.8 Å². The topological polar surface area (TPSA) is 81.0 Å². The van der Waals surface area contributed by atoms with Crippen molar-refractivity contribution >= 4 is 28.3 Å². The SMILES string of the molecule is CCc1cc(=O)oc2cc(OCC(=O)Nc3cc(C(F)(F)F)ccc3N3CCOCC3)ccc12. The van der Waals surface area contributed by atoms with Gasteiger partial charge in [0.05, 0.1) is 30.2 Å². The first kappa shape index (κ1) is 23.6. The number of alkyl halides is 3. The van der Waals surface area contributed by atoms with Gasteiger partial charge in [0.1, 0.15) is 11.3 Å². The third-order valence-electron chi connectivity index (χ3n) is 5.50. The number of morpholine rings is 1. The zero-order chi connectivity index (χ0) is 24.3. The van der Waals surface area contributed by atoms with Gasteiger partial charge in [-0.3, -0.25) is 4.79 Å². The minimum atomic E-state index is -4.55. The van der Waals surface area contributed by atoms with Crippen LogP contribution in [-0.4, -0.2) is 38.8 Å². The average Bonchev–Trinajstić information content (AvgIpc) is 2.82. The first-order chi connectivity index (χ1) is 16.2. The Hall–Kier alpha value is -3.53. The summed E-state index contributed by atoms with van der Waals surface area (Å²) in [6.07, 6.45) is -3.90. The molecule has 0 bridgehead atoms. The van der Waals surface area contributed by atoms with E-state index in [4.69, 9.17) is 13.9 Å². The van der Waals surface area contributed by atoms with Crippen LogP contribution in [0.3, 0.4) is 0 Å². The van der Waals surface area contributed by atoms with Crippen LogP contribution in [0.5, 0.6) is 5.75 Å². The highest BCUT2D eigenvalue weighted by Gasteiger charge is 2.32. The number of aryl methyl sites for hydroxylation is 1. The van der Waals surface area contributed by atoms with E-state index in [2.05, 4.69) is 5.32 Å². The highest BCUT2D eigenvalue weighted by Crippen LogP contribution is 2.36. The lowest BCUT2D eigenvalue weighted by atomic mass is 10.1. The number of nitrogens with one attached hydrogen (secondary N) is 1.